The molecule has 3 aromatic heterocycles. The zero-order chi connectivity index (χ0) is 27.5. The number of pyridine rings is 1. The van der Waals surface area contributed by atoms with Gasteiger partial charge in [-0.2, -0.15) is 4.68 Å². The summed E-state index contributed by atoms with van der Waals surface area (Å²) in [5.41, 5.74) is 10.0. The number of rotatable bonds is 6. The Balaban J connectivity index is 1.35. The number of carbonyl (C=O) groups excluding carboxylic acids is 1. The number of anilines is 1. The van der Waals surface area contributed by atoms with Crippen LogP contribution in [0.3, 0.4) is 0 Å². The lowest BCUT2D eigenvalue weighted by Gasteiger charge is -2.40. The van der Waals surface area contributed by atoms with Gasteiger partial charge in [0.15, 0.2) is 0 Å². The topological polar surface area (TPSA) is 132 Å². The second-order valence-corrected chi connectivity index (χ2v) is 10.0. The van der Waals surface area contributed by atoms with Gasteiger partial charge in [0.05, 0.1) is 23.6 Å². The molecule has 5 aromatic rings. The van der Waals surface area contributed by atoms with Crippen molar-refractivity contribution in [3.8, 4) is 16.9 Å². The molecule has 2 unspecified atom stereocenters. The molecule has 1 fully saturated rings. The number of imidazole rings is 1. The summed E-state index contributed by atoms with van der Waals surface area (Å²) >= 11 is 6.28. The molecular formula is C29H26ClN9O. The normalized spacial score (nSPS) is 17.4. The number of halogens is 1. The van der Waals surface area contributed by atoms with E-state index in [9.17, 15) is 4.79 Å². The Morgan fingerprint density at radius 1 is 1.07 bits per heavy atom. The van der Waals surface area contributed by atoms with Crippen molar-refractivity contribution in [2.24, 2.45) is 0 Å². The summed E-state index contributed by atoms with van der Waals surface area (Å²) in [7, 11) is 0. The van der Waals surface area contributed by atoms with Gasteiger partial charge in [0.1, 0.15) is 18.0 Å². The van der Waals surface area contributed by atoms with Gasteiger partial charge in [-0.15, -0.1) is 5.10 Å². The summed E-state index contributed by atoms with van der Waals surface area (Å²) in [6.45, 7) is 0.603. The summed E-state index contributed by atoms with van der Waals surface area (Å²) in [5.74, 6) is 1.12. The van der Waals surface area contributed by atoms with Crippen LogP contribution in [-0.4, -0.2) is 52.5 Å². The van der Waals surface area contributed by atoms with Crippen LogP contribution in [0.5, 0.6) is 0 Å². The summed E-state index contributed by atoms with van der Waals surface area (Å²) in [6, 6.07) is 19.0. The Morgan fingerprint density at radius 2 is 1.95 bits per heavy atom. The van der Waals surface area contributed by atoms with E-state index in [4.69, 9.17) is 22.3 Å². The van der Waals surface area contributed by atoms with Gasteiger partial charge in [-0.05, 0) is 65.2 Å². The standard InChI is InChI=1S/C29H26ClN9O/c30-22-10-11-25(39-18-34-36-37-39)20(15-22)9-13-27(40)38-14-4-7-23(19-5-2-1-3-6-19)28(38)29-33-17-24(35-29)21-8-12-26(31)32-16-21/h1-3,5-6,8-13,15-18,23,28H,4,7,14H2,(H2,31,32)(H,33,35). The highest BCUT2D eigenvalue weighted by molar-refractivity contribution is 6.30. The Bertz CT molecular complexity index is 1630. The summed E-state index contributed by atoms with van der Waals surface area (Å²) in [6.07, 6.45) is 10.1. The number of aromatic amines is 1. The Morgan fingerprint density at radius 3 is 2.73 bits per heavy atom. The number of nitrogen functional groups attached to an aromatic ring is 1. The maximum atomic E-state index is 13.8. The second kappa shape index (κ2) is 11.1. The van der Waals surface area contributed by atoms with E-state index in [0.717, 1.165) is 41.1 Å². The van der Waals surface area contributed by atoms with Crippen LogP contribution in [0.4, 0.5) is 5.82 Å². The van der Waals surface area contributed by atoms with Gasteiger partial charge in [0.2, 0.25) is 5.91 Å². The molecule has 3 N–H and O–H groups in total. The third kappa shape index (κ3) is 5.21. The van der Waals surface area contributed by atoms with Crippen molar-refractivity contribution in [3.05, 3.63) is 107 Å². The number of aromatic nitrogens is 7. The van der Waals surface area contributed by atoms with E-state index in [1.54, 1.807) is 42.7 Å². The largest absolute Gasteiger partial charge is 0.384 e. The number of nitrogens with zero attached hydrogens (tertiary/aromatic N) is 7. The minimum atomic E-state index is -0.290. The van der Waals surface area contributed by atoms with E-state index < -0.39 is 0 Å². The average Bonchev–Trinajstić information content (AvgIpc) is 3.70. The van der Waals surface area contributed by atoms with Gasteiger partial charge in [-0.1, -0.05) is 41.9 Å². The van der Waals surface area contributed by atoms with Crippen LogP contribution in [0.25, 0.3) is 23.0 Å². The molecular weight excluding hydrogens is 526 g/mol. The number of nitrogens with one attached hydrogen (secondary N) is 1. The highest BCUT2D eigenvalue weighted by atomic mass is 35.5. The predicted octanol–water partition coefficient (Wildman–Crippen LogP) is 4.84. The van der Waals surface area contributed by atoms with Crippen LogP contribution in [0.2, 0.25) is 5.02 Å². The number of piperidine rings is 1. The SMILES string of the molecule is Nc1ccc(-c2cnc(C3C(c4ccccc4)CCCN3C(=O)C=Cc3cc(Cl)ccc3-n3cnnn3)[nH]2)cn1. The minimum Gasteiger partial charge on any atom is -0.384 e. The molecule has 0 spiro atoms. The fourth-order valence-electron chi connectivity index (χ4n) is 5.22. The molecule has 4 heterocycles. The number of tetrazole rings is 1. The van der Waals surface area contributed by atoms with Crippen molar-refractivity contribution < 1.29 is 4.79 Å². The zero-order valence-corrected chi connectivity index (χ0v) is 22.2. The Hall–Kier alpha value is -4.83. The van der Waals surface area contributed by atoms with Crippen molar-refractivity contribution in [3.63, 3.8) is 0 Å². The highest BCUT2D eigenvalue weighted by Gasteiger charge is 2.37. The maximum Gasteiger partial charge on any atom is 0.247 e. The molecule has 0 aliphatic carbocycles. The van der Waals surface area contributed by atoms with Crippen molar-refractivity contribution in [2.75, 3.05) is 12.3 Å². The van der Waals surface area contributed by atoms with Gasteiger partial charge < -0.3 is 15.6 Å². The van der Waals surface area contributed by atoms with Gasteiger partial charge in [0.25, 0.3) is 0 Å². The lowest BCUT2D eigenvalue weighted by atomic mass is 9.83. The highest BCUT2D eigenvalue weighted by Crippen LogP contribution is 2.42. The molecule has 6 rings (SSSR count). The number of hydrogen-bond donors (Lipinski definition) is 2. The molecule has 1 saturated heterocycles. The van der Waals surface area contributed by atoms with Crippen LogP contribution in [0.15, 0.2) is 85.5 Å². The van der Waals surface area contributed by atoms with Crippen LogP contribution >= 0.6 is 11.6 Å². The van der Waals surface area contributed by atoms with Crippen molar-refractivity contribution in [1.82, 2.24) is 40.1 Å². The molecule has 0 bridgehead atoms. The quantitative estimate of drug-likeness (QED) is 0.288. The average molecular weight is 552 g/mol. The van der Waals surface area contributed by atoms with Crippen molar-refractivity contribution in [2.45, 2.75) is 24.8 Å². The molecule has 1 amide bonds. The van der Waals surface area contributed by atoms with E-state index in [2.05, 4.69) is 37.6 Å². The number of carbonyl (C=O) groups is 1. The molecule has 40 heavy (non-hydrogen) atoms. The number of amides is 1. The first-order valence-electron chi connectivity index (χ1n) is 12.9. The summed E-state index contributed by atoms with van der Waals surface area (Å²) in [5, 5.41) is 12.0. The third-order valence-electron chi connectivity index (χ3n) is 7.11. The van der Waals surface area contributed by atoms with Crippen LogP contribution < -0.4 is 5.73 Å². The smallest absolute Gasteiger partial charge is 0.247 e. The Labute approximate surface area is 235 Å². The van der Waals surface area contributed by atoms with Gasteiger partial charge in [0, 0.05) is 40.9 Å². The number of H-pyrrole nitrogens is 1. The van der Waals surface area contributed by atoms with E-state index in [0.29, 0.717) is 23.1 Å². The second-order valence-electron chi connectivity index (χ2n) is 9.58. The monoisotopic (exact) mass is 551 g/mol. The number of nitrogens with two attached hydrogens (primary N) is 1. The first-order valence-corrected chi connectivity index (χ1v) is 13.3. The van der Waals surface area contributed by atoms with E-state index in [-0.39, 0.29) is 17.9 Å². The molecule has 200 valence electrons. The summed E-state index contributed by atoms with van der Waals surface area (Å²) in [4.78, 5) is 28.1. The van der Waals surface area contributed by atoms with E-state index in [1.807, 2.05) is 35.2 Å². The van der Waals surface area contributed by atoms with Gasteiger partial charge in [-0.3, -0.25) is 4.79 Å². The van der Waals surface area contributed by atoms with Crippen molar-refractivity contribution in [1.29, 1.82) is 0 Å². The maximum absolute atomic E-state index is 13.8. The molecule has 1 aliphatic rings. The fourth-order valence-corrected chi connectivity index (χ4v) is 5.41. The summed E-state index contributed by atoms with van der Waals surface area (Å²) < 4.78 is 1.53. The molecule has 2 atom stereocenters. The molecule has 11 heteroatoms. The van der Waals surface area contributed by atoms with E-state index >= 15 is 0 Å². The zero-order valence-electron chi connectivity index (χ0n) is 21.4. The molecule has 2 aromatic carbocycles. The predicted molar refractivity (Wildman–Crippen MR) is 152 cm³/mol. The van der Waals surface area contributed by atoms with Gasteiger partial charge in [-0.25, -0.2) is 9.97 Å². The lowest BCUT2D eigenvalue weighted by Crippen LogP contribution is -2.41. The fraction of sp³-hybridized carbons (Fsp3) is 0.172. The number of likely N-dealkylation sites (tertiary alicyclic amines) is 1. The first kappa shape index (κ1) is 25.4. The molecule has 10 nitrogen and oxygen atoms in total. The van der Waals surface area contributed by atoms with Crippen molar-refractivity contribution >= 4 is 29.4 Å². The third-order valence-corrected chi connectivity index (χ3v) is 7.34. The number of benzene rings is 2. The lowest BCUT2D eigenvalue weighted by molar-refractivity contribution is -0.130. The molecule has 0 saturated carbocycles. The van der Waals surface area contributed by atoms with Crippen LogP contribution in [0, 0.1) is 0 Å². The van der Waals surface area contributed by atoms with E-state index in [1.165, 1.54) is 11.0 Å². The number of hydrogen-bond acceptors (Lipinski definition) is 7. The Kier molecular flexibility index (Phi) is 7.07. The molecule has 0 radical (unpaired) electrons. The molecule has 1 aliphatic heterocycles. The van der Waals surface area contributed by atoms with Crippen LogP contribution in [0.1, 0.15) is 41.8 Å². The van der Waals surface area contributed by atoms with Gasteiger partial charge >= 0.3 is 0 Å². The first-order chi connectivity index (χ1) is 19.6. The van der Waals surface area contributed by atoms with Crippen LogP contribution in [-0.2, 0) is 4.79 Å². The minimum absolute atomic E-state index is 0.0683.